The fourth-order valence-corrected chi connectivity index (χ4v) is 2.84. The van der Waals surface area contributed by atoms with Gasteiger partial charge in [0.15, 0.2) is 0 Å². The topological polar surface area (TPSA) is 61.0 Å². The predicted octanol–water partition coefficient (Wildman–Crippen LogP) is 3.48. The number of aromatic nitrogens is 2. The van der Waals surface area contributed by atoms with Gasteiger partial charge in [0.1, 0.15) is 5.82 Å². The summed E-state index contributed by atoms with van der Waals surface area (Å²) in [6.07, 6.45) is 6.66. The van der Waals surface area contributed by atoms with Crippen LogP contribution in [0.2, 0.25) is 0 Å². The van der Waals surface area contributed by atoms with Gasteiger partial charge in [-0.25, -0.2) is 9.78 Å². The number of amides is 2. The first kappa shape index (κ1) is 13.7. The number of piperidine rings is 1. The third kappa shape index (κ3) is 3.07. The predicted molar refractivity (Wildman–Crippen MR) is 82.1 cm³/mol. The second-order valence-electron chi connectivity index (χ2n) is 5.48. The number of rotatable bonds is 2. The summed E-state index contributed by atoms with van der Waals surface area (Å²) in [7, 11) is 0. The summed E-state index contributed by atoms with van der Waals surface area (Å²) in [4.78, 5) is 21.9. The van der Waals surface area contributed by atoms with Crippen molar-refractivity contribution < 1.29 is 4.79 Å². The number of urea groups is 1. The molecule has 0 saturated carbocycles. The van der Waals surface area contributed by atoms with Crippen molar-refractivity contribution in [1.82, 2.24) is 14.9 Å². The van der Waals surface area contributed by atoms with Gasteiger partial charge in [-0.2, -0.15) is 0 Å². The number of benzene rings is 1. The van der Waals surface area contributed by atoms with Crippen molar-refractivity contribution in [3.05, 3.63) is 48.0 Å². The molecule has 1 fully saturated rings. The second kappa shape index (κ2) is 5.99. The number of aromatic amines is 1. The highest BCUT2D eigenvalue weighted by atomic mass is 16.2. The molecule has 5 nitrogen and oxygen atoms in total. The SMILES string of the molecule is Cc1cccc(NC(=O)N2CCCCC2c2ncc[nH]2)c1. The lowest BCUT2D eigenvalue weighted by Crippen LogP contribution is -2.41. The van der Waals surface area contributed by atoms with E-state index in [0.29, 0.717) is 0 Å². The van der Waals surface area contributed by atoms with Gasteiger partial charge in [-0.1, -0.05) is 12.1 Å². The Kier molecular flexibility index (Phi) is 3.90. The number of likely N-dealkylation sites (tertiary alicyclic amines) is 1. The van der Waals surface area contributed by atoms with E-state index in [1.165, 1.54) is 0 Å². The molecule has 1 aromatic carbocycles. The van der Waals surface area contributed by atoms with E-state index in [9.17, 15) is 4.79 Å². The monoisotopic (exact) mass is 284 g/mol. The highest BCUT2D eigenvalue weighted by Gasteiger charge is 2.29. The zero-order valence-electron chi connectivity index (χ0n) is 12.2. The second-order valence-corrected chi connectivity index (χ2v) is 5.48. The molecule has 21 heavy (non-hydrogen) atoms. The lowest BCUT2D eigenvalue weighted by molar-refractivity contribution is 0.160. The van der Waals surface area contributed by atoms with Crippen molar-refractivity contribution in [2.45, 2.75) is 32.2 Å². The van der Waals surface area contributed by atoms with Gasteiger partial charge < -0.3 is 15.2 Å². The number of imidazole rings is 1. The first-order valence-corrected chi connectivity index (χ1v) is 7.37. The maximum absolute atomic E-state index is 12.6. The Balaban J connectivity index is 1.75. The van der Waals surface area contributed by atoms with Crippen LogP contribution in [0.15, 0.2) is 36.7 Å². The fraction of sp³-hybridized carbons (Fsp3) is 0.375. The number of carbonyl (C=O) groups is 1. The Bertz CT molecular complexity index is 608. The summed E-state index contributed by atoms with van der Waals surface area (Å²) in [5.74, 6) is 0.870. The molecule has 0 spiro atoms. The standard InChI is InChI=1S/C16H20N4O/c1-12-5-4-6-13(11-12)19-16(21)20-10-3-2-7-14(20)15-17-8-9-18-15/h4-6,8-9,11,14H,2-3,7,10H2,1H3,(H,17,18)(H,19,21). The first-order valence-electron chi connectivity index (χ1n) is 7.37. The summed E-state index contributed by atoms with van der Waals surface area (Å²) in [6.45, 7) is 2.78. The molecule has 1 atom stereocenters. The number of carbonyl (C=O) groups excluding carboxylic acids is 1. The van der Waals surface area contributed by atoms with Crippen molar-refractivity contribution >= 4 is 11.7 Å². The summed E-state index contributed by atoms with van der Waals surface area (Å²) >= 11 is 0. The highest BCUT2D eigenvalue weighted by molar-refractivity contribution is 5.89. The third-order valence-corrected chi connectivity index (χ3v) is 3.87. The van der Waals surface area contributed by atoms with Crippen LogP contribution in [0.3, 0.4) is 0 Å². The van der Waals surface area contributed by atoms with Crippen LogP contribution < -0.4 is 5.32 Å². The van der Waals surface area contributed by atoms with Crippen LogP contribution in [-0.4, -0.2) is 27.4 Å². The van der Waals surface area contributed by atoms with Gasteiger partial charge in [0.25, 0.3) is 0 Å². The molecule has 2 heterocycles. The lowest BCUT2D eigenvalue weighted by atomic mass is 10.0. The smallest absolute Gasteiger partial charge is 0.322 e. The van der Waals surface area contributed by atoms with Crippen molar-refractivity contribution in [1.29, 1.82) is 0 Å². The van der Waals surface area contributed by atoms with E-state index < -0.39 is 0 Å². The molecule has 110 valence electrons. The Morgan fingerprint density at radius 1 is 1.43 bits per heavy atom. The van der Waals surface area contributed by atoms with Crippen molar-refractivity contribution in [3.8, 4) is 0 Å². The third-order valence-electron chi connectivity index (χ3n) is 3.87. The Morgan fingerprint density at radius 2 is 2.33 bits per heavy atom. The van der Waals surface area contributed by atoms with Gasteiger partial charge in [0, 0.05) is 24.6 Å². The maximum Gasteiger partial charge on any atom is 0.322 e. The Morgan fingerprint density at radius 3 is 3.10 bits per heavy atom. The first-order chi connectivity index (χ1) is 10.2. The van der Waals surface area contributed by atoms with Crippen LogP contribution in [0.1, 0.15) is 36.7 Å². The molecule has 0 aliphatic carbocycles. The molecule has 2 aromatic rings. The molecule has 1 aromatic heterocycles. The van der Waals surface area contributed by atoms with Crippen LogP contribution in [0.4, 0.5) is 10.5 Å². The van der Waals surface area contributed by atoms with Gasteiger partial charge in [0.2, 0.25) is 0 Å². The number of hydrogen-bond donors (Lipinski definition) is 2. The zero-order valence-corrected chi connectivity index (χ0v) is 12.2. The minimum absolute atomic E-state index is 0.0403. The van der Waals surface area contributed by atoms with E-state index >= 15 is 0 Å². The molecule has 1 unspecified atom stereocenters. The Labute approximate surface area is 124 Å². The van der Waals surface area contributed by atoms with Crippen molar-refractivity contribution in [3.63, 3.8) is 0 Å². The van der Waals surface area contributed by atoms with Gasteiger partial charge in [-0.3, -0.25) is 0 Å². The molecule has 0 bridgehead atoms. The van der Waals surface area contributed by atoms with Gasteiger partial charge in [-0.15, -0.1) is 0 Å². The van der Waals surface area contributed by atoms with E-state index in [2.05, 4.69) is 15.3 Å². The minimum atomic E-state index is -0.0540. The van der Waals surface area contributed by atoms with E-state index in [4.69, 9.17) is 0 Å². The summed E-state index contributed by atoms with van der Waals surface area (Å²) in [5.41, 5.74) is 1.97. The zero-order chi connectivity index (χ0) is 14.7. The number of nitrogens with zero attached hydrogens (tertiary/aromatic N) is 2. The molecular formula is C16H20N4O. The van der Waals surface area contributed by atoms with Gasteiger partial charge >= 0.3 is 6.03 Å². The molecular weight excluding hydrogens is 264 g/mol. The van der Waals surface area contributed by atoms with E-state index in [0.717, 1.165) is 42.9 Å². The number of anilines is 1. The largest absolute Gasteiger partial charge is 0.347 e. The van der Waals surface area contributed by atoms with Crippen LogP contribution >= 0.6 is 0 Å². The average Bonchev–Trinajstić information content (AvgIpc) is 3.01. The van der Waals surface area contributed by atoms with E-state index in [-0.39, 0.29) is 12.1 Å². The normalized spacial score (nSPS) is 18.5. The van der Waals surface area contributed by atoms with Crippen LogP contribution in [0.25, 0.3) is 0 Å². The molecule has 5 heteroatoms. The van der Waals surface area contributed by atoms with Gasteiger partial charge in [0.05, 0.1) is 6.04 Å². The quantitative estimate of drug-likeness (QED) is 0.887. The van der Waals surface area contributed by atoms with Crippen LogP contribution in [0, 0.1) is 6.92 Å². The lowest BCUT2D eigenvalue weighted by Gasteiger charge is -2.34. The van der Waals surface area contributed by atoms with Crippen molar-refractivity contribution in [2.75, 3.05) is 11.9 Å². The van der Waals surface area contributed by atoms with E-state index in [1.807, 2.05) is 36.1 Å². The minimum Gasteiger partial charge on any atom is -0.347 e. The number of aryl methyl sites for hydroxylation is 1. The molecule has 1 aliphatic heterocycles. The molecule has 3 rings (SSSR count). The summed E-state index contributed by atoms with van der Waals surface area (Å²) in [5, 5.41) is 2.99. The van der Waals surface area contributed by atoms with Crippen molar-refractivity contribution in [2.24, 2.45) is 0 Å². The fourth-order valence-electron chi connectivity index (χ4n) is 2.84. The molecule has 2 N–H and O–H groups in total. The van der Waals surface area contributed by atoms with Gasteiger partial charge in [-0.05, 0) is 43.9 Å². The summed E-state index contributed by atoms with van der Waals surface area (Å²) < 4.78 is 0. The highest BCUT2D eigenvalue weighted by Crippen LogP contribution is 2.29. The molecule has 2 amide bonds. The Hall–Kier alpha value is -2.30. The van der Waals surface area contributed by atoms with Crippen LogP contribution in [-0.2, 0) is 0 Å². The molecule has 0 radical (unpaired) electrons. The molecule has 1 saturated heterocycles. The molecule has 1 aliphatic rings. The number of hydrogen-bond acceptors (Lipinski definition) is 2. The van der Waals surface area contributed by atoms with Crippen LogP contribution in [0.5, 0.6) is 0 Å². The average molecular weight is 284 g/mol. The number of H-pyrrole nitrogens is 1. The van der Waals surface area contributed by atoms with E-state index in [1.54, 1.807) is 12.4 Å². The summed E-state index contributed by atoms with van der Waals surface area (Å²) in [6, 6.07) is 7.84. The maximum atomic E-state index is 12.6. The number of nitrogens with one attached hydrogen (secondary N) is 2.